The number of carbonyl (C=O) groups is 1. The molecule has 1 rings (SSSR count). The molecule has 5 heteroatoms. The van der Waals surface area contributed by atoms with E-state index in [1.165, 1.54) is 12.0 Å². The summed E-state index contributed by atoms with van der Waals surface area (Å²) in [5.41, 5.74) is 1.59. The van der Waals surface area contributed by atoms with Crippen LogP contribution < -0.4 is 10.6 Å². The molecule has 0 saturated heterocycles. The van der Waals surface area contributed by atoms with Gasteiger partial charge in [0.2, 0.25) is 0 Å². The summed E-state index contributed by atoms with van der Waals surface area (Å²) in [5.74, 6) is 0.773. The predicted octanol–water partition coefficient (Wildman–Crippen LogP) is 4.69. The Morgan fingerprint density at radius 3 is 2.00 bits per heavy atom. The van der Waals surface area contributed by atoms with E-state index in [0.717, 1.165) is 31.1 Å². The molecule has 0 atom stereocenters. The second-order valence-electron chi connectivity index (χ2n) is 7.36. The molecule has 0 aliphatic heterocycles. The monoisotopic (exact) mass is 393 g/mol. The first-order chi connectivity index (χ1) is 13.2. The SMILES string of the molecule is CC.CC(C)(C)OC=O.CNCCCNCC(C)C.Cc1ccc(C#N)cc1. The van der Waals surface area contributed by atoms with Gasteiger partial charge in [-0.2, -0.15) is 5.26 Å². The van der Waals surface area contributed by atoms with Crippen LogP contribution >= 0.6 is 0 Å². The Kier molecular flexibility index (Phi) is 23.6. The lowest BCUT2D eigenvalue weighted by molar-refractivity contribution is -0.138. The van der Waals surface area contributed by atoms with Gasteiger partial charge in [0.15, 0.2) is 0 Å². The summed E-state index contributed by atoms with van der Waals surface area (Å²) >= 11 is 0. The number of nitrogens with one attached hydrogen (secondary N) is 2. The van der Waals surface area contributed by atoms with Crippen LogP contribution in [0, 0.1) is 24.2 Å². The largest absolute Gasteiger partial charge is 0.462 e. The average molecular weight is 394 g/mol. The Hall–Kier alpha value is -1.90. The molecule has 28 heavy (non-hydrogen) atoms. The minimum atomic E-state index is -0.318. The number of carbonyl (C=O) groups excluding carboxylic acids is 1. The number of hydrogen-bond donors (Lipinski definition) is 2. The normalized spacial score (nSPS) is 9.46. The third-order valence-corrected chi connectivity index (χ3v) is 2.92. The topological polar surface area (TPSA) is 74.2 Å². The third-order valence-electron chi connectivity index (χ3n) is 2.92. The van der Waals surface area contributed by atoms with E-state index in [-0.39, 0.29) is 5.60 Å². The fraction of sp³-hybridized carbons (Fsp3) is 0.652. The van der Waals surface area contributed by atoms with Crippen molar-refractivity contribution in [2.75, 3.05) is 26.7 Å². The van der Waals surface area contributed by atoms with Gasteiger partial charge in [-0.05, 0) is 78.8 Å². The van der Waals surface area contributed by atoms with Crippen molar-refractivity contribution in [3.8, 4) is 6.07 Å². The van der Waals surface area contributed by atoms with Crippen LogP contribution in [0.2, 0.25) is 0 Å². The summed E-state index contributed by atoms with van der Waals surface area (Å²) in [6.45, 7) is 19.8. The molecule has 0 spiro atoms. The molecule has 0 aliphatic carbocycles. The van der Waals surface area contributed by atoms with Crippen molar-refractivity contribution in [3.05, 3.63) is 35.4 Å². The van der Waals surface area contributed by atoms with Gasteiger partial charge in [-0.1, -0.05) is 45.4 Å². The van der Waals surface area contributed by atoms with Crippen molar-refractivity contribution in [2.24, 2.45) is 5.92 Å². The van der Waals surface area contributed by atoms with Gasteiger partial charge in [0.1, 0.15) is 5.60 Å². The van der Waals surface area contributed by atoms with Crippen LogP contribution in [0.1, 0.15) is 66.0 Å². The molecular weight excluding hydrogens is 350 g/mol. The van der Waals surface area contributed by atoms with Gasteiger partial charge in [-0.15, -0.1) is 0 Å². The summed E-state index contributed by atoms with van der Waals surface area (Å²) in [5, 5.41) is 14.9. The number of nitrogens with zero attached hydrogens (tertiary/aromatic N) is 1. The Morgan fingerprint density at radius 1 is 1.14 bits per heavy atom. The van der Waals surface area contributed by atoms with Gasteiger partial charge >= 0.3 is 0 Å². The van der Waals surface area contributed by atoms with Crippen LogP contribution in [0.25, 0.3) is 0 Å². The summed E-state index contributed by atoms with van der Waals surface area (Å²) in [6.07, 6.45) is 1.23. The van der Waals surface area contributed by atoms with E-state index < -0.39 is 0 Å². The number of aryl methyl sites for hydroxylation is 1. The minimum absolute atomic E-state index is 0.318. The number of ether oxygens (including phenoxy) is 1. The zero-order chi connectivity index (χ0) is 22.4. The maximum Gasteiger partial charge on any atom is 0.293 e. The Labute approximate surface area is 173 Å². The highest BCUT2D eigenvalue weighted by Gasteiger charge is 2.07. The highest BCUT2D eigenvalue weighted by Crippen LogP contribution is 2.02. The smallest absolute Gasteiger partial charge is 0.293 e. The van der Waals surface area contributed by atoms with Gasteiger partial charge in [-0.25, -0.2) is 0 Å². The molecule has 0 bridgehead atoms. The molecule has 5 nitrogen and oxygen atoms in total. The van der Waals surface area contributed by atoms with Crippen molar-refractivity contribution in [3.63, 3.8) is 0 Å². The fourth-order valence-electron chi connectivity index (χ4n) is 1.55. The molecule has 0 heterocycles. The minimum Gasteiger partial charge on any atom is -0.462 e. The fourth-order valence-corrected chi connectivity index (χ4v) is 1.55. The van der Waals surface area contributed by atoms with Crippen molar-refractivity contribution >= 4 is 6.47 Å². The molecular formula is C23H43N3O2. The molecule has 0 aromatic heterocycles. The van der Waals surface area contributed by atoms with Gasteiger partial charge in [-0.3, -0.25) is 4.79 Å². The highest BCUT2D eigenvalue weighted by atomic mass is 16.5. The second-order valence-corrected chi connectivity index (χ2v) is 7.36. The van der Waals surface area contributed by atoms with Crippen LogP contribution in [0.3, 0.4) is 0 Å². The molecule has 0 fully saturated rings. The predicted molar refractivity (Wildman–Crippen MR) is 120 cm³/mol. The molecule has 162 valence electrons. The van der Waals surface area contributed by atoms with Gasteiger partial charge in [0.25, 0.3) is 6.47 Å². The first kappa shape index (κ1) is 30.8. The number of rotatable bonds is 7. The zero-order valence-electron chi connectivity index (χ0n) is 19.6. The molecule has 2 N–H and O–H groups in total. The Bertz CT molecular complexity index is 486. The highest BCUT2D eigenvalue weighted by molar-refractivity contribution is 5.37. The van der Waals surface area contributed by atoms with Crippen LogP contribution in [-0.4, -0.2) is 38.8 Å². The van der Waals surface area contributed by atoms with Crippen LogP contribution in [0.5, 0.6) is 0 Å². The number of nitriles is 1. The van der Waals surface area contributed by atoms with E-state index in [0.29, 0.717) is 6.47 Å². The van der Waals surface area contributed by atoms with Crippen molar-refractivity contribution in [1.29, 1.82) is 5.26 Å². The van der Waals surface area contributed by atoms with Gasteiger partial charge < -0.3 is 15.4 Å². The quantitative estimate of drug-likeness (QED) is 0.519. The maximum absolute atomic E-state index is 9.60. The standard InChI is InChI=1S/C8H20N2.C8H7N.C5H10O2.C2H6/c1-8(2)7-10-6-4-5-9-3;1-7-2-4-8(6-9)5-3-7;1-5(2,3)7-4-6;1-2/h8-10H,4-7H2,1-3H3;2-5H,1H3;4H,1-3H3;1-2H3. The van der Waals surface area contributed by atoms with Crippen LogP contribution in [-0.2, 0) is 9.53 Å². The first-order valence-electron chi connectivity index (χ1n) is 10.1. The maximum atomic E-state index is 9.60. The summed E-state index contributed by atoms with van der Waals surface area (Å²) in [7, 11) is 1.99. The number of hydrogen-bond acceptors (Lipinski definition) is 5. The summed E-state index contributed by atoms with van der Waals surface area (Å²) in [6, 6.07) is 9.54. The molecule has 1 aromatic rings. The third kappa shape index (κ3) is 28.9. The second kappa shape index (κ2) is 21.4. The molecule has 0 unspecified atom stereocenters. The van der Waals surface area contributed by atoms with Gasteiger partial charge in [0.05, 0.1) is 11.6 Å². The average Bonchev–Trinajstić information content (AvgIpc) is 2.64. The molecule has 1 aromatic carbocycles. The van der Waals surface area contributed by atoms with E-state index in [1.54, 1.807) is 0 Å². The lowest BCUT2D eigenvalue weighted by atomic mass is 10.2. The molecule has 0 amide bonds. The zero-order valence-corrected chi connectivity index (χ0v) is 19.6. The lowest BCUT2D eigenvalue weighted by Gasteiger charge is -2.14. The lowest BCUT2D eigenvalue weighted by Crippen LogP contribution is -2.23. The summed E-state index contributed by atoms with van der Waals surface area (Å²) in [4.78, 5) is 9.60. The van der Waals surface area contributed by atoms with E-state index in [9.17, 15) is 4.79 Å². The van der Waals surface area contributed by atoms with Crippen LogP contribution in [0.4, 0.5) is 0 Å². The van der Waals surface area contributed by atoms with Gasteiger partial charge in [0, 0.05) is 0 Å². The summed E-state index contributed by atoms with van der Waals surface area (Å²) < 4.78 is 4.55. The Morgan fingerprint density at radius 2 is 1.68 bits per heavy atom. The molecule has 0 radical (unpaired) electrons. The molecule has 0 aliphatic rings. The van der Waals surface area contributed by atoms with Crippen LogP contribution in [0.15, 0.2) is 24.3 Å². The van der Waals surface area contributed by atoms with E-state index in [1.807, 2.05) is 72.9 Å². The van der Waals surface area contributed by atoms with Crippen molar-refractivity contribution < 1.29 is 9.53 Å². The Balaban J connectivity index is -0.000000324. The molecule has 0 saturated carbocycles. The van der Waals surface area contributed by atoms with E-state index >= 15 is 0 Å². The van der Waals surface area contributed by atoms with Crippen molar-refractivity contribution in [1.82, 2.24) is 10.6 Å². The van der Waals surface area contributed by atoms with E-state index in [2.05, 4.69) is 35.3 Å². The number of benzene rings is 1. The first-order valence-corrected chi connectivity index (χ1v) is 10.1. The van der Waals surface area contributed by atoms with E-state index in [4.69, 9.17) is 5.26 Å². The van der Waals surface area contributed by atoms with Crippen molar-refractivity contribution in [2.45, 2.75) is 67.4 Å².